The summed E-state index contributed by atoms with van der Waals surface area (Å²) in [4.78, 5) is 56.2. The first-order valence-corrected chi connectivity index (χ1v) is 12.4. The van der Waals surface area contributed by atoms with Gasteiger partial charge >= 0.3 is 0 Å². The molecular weight excluding hydrogens is 521 g/mol. The van der Waals surface area contributed by atoms with E-state index in [1.165, 1.54) is 4.90 Å². The molecule has 0 aromatic heterocycles. The molecule has 2 rings (SSSR count). The molecule has 35 heavy (non-hydrogen) atoms. The maximum Gasteiger partial charge on any atom is 0.251 e. The van der Waals surface area contributed by atoms with Gasteiger partial charge in [0.05, 0.1) is 6.04 Å². The lowest BCUT2D eigenvalue weighted by molar-refractivity contribution is -0.149. The van der Waals surface area contributed by atoms with E-state index < -0.39 is 30.5 Å². The molecule has 2 amide bonds. The van der Waals surface area contributed by atoms with Gasteiger partial charge in [0.25, 0.3) is 5.91 Å². The second-order valence-electron chi connectivity index (χ2n) is 8.95. The van der Waals surface area contributed by atoms with Crippen LogP contribution in [-0.2, 0) is 14.4 Å². The number of alkyl halides is 1. The Morgan fingerprint density at radius 1 is 1.20 bits per heavy atom. The van der Waals surface area contributed by atoms with Gasteiger partial charge in [-0.25, -0.2) is 4.39 Å². The smallest absolute Gasteiger partial charge is 0.251 e. The summed E-state index contributed by atoms with van der Waals surface area (Å²) in [7, 11) is 0. The van der Waals surface area contributed by atoms with Gasteiger partial charge in [0.2, 0.25) is 5.91 Å². The lowest BCUT2D eigenvalue weighted by atomic mass is 9.86. The van der Waals surface area contributed by atoms with Crippen LogP contribution in [0.5, 0.6) is 0 Å². The summed E-state index contributed by atoms with van der Waals surface area (Å²) >= 11 is 3.32. The van der Waals surface area contributed by atoms with Crippen LogP contribution < -0.4 is 16.8 Å². The molecule has 0 aliphatic carbocycles. The molecule has 11 heteroatoms. The Kier molecular flexibility index (Phi) is 10.8. The van der Waals surface area contributed by atoms with Gasteiger partial charge in [0.1, 0.15) is 12.7 Å². The standard InChI is InChI=1S/C24H33BrFN5O4/c1-14(2)21(30-22(34)15-5-7-17(25)8-6-15)23(35)31-11-9-18(31)19(32)12-16(20(33)13-26)4-3-10-29-24(27)28/h5-8,14,16,18,21H,3-4,9-13H2,1-2H3,(H,30,34)(H4,27,28,29)/t16-,18+,21+/m1/s1. The van der Waals surface area contributed by atoms with Crippen LogP contribution in [0.4, 0.5) is 4.39 Å². The zero-order valence-electron chi connectivity index (χ0n) is 20.0. The summed E-state index contributed by atoms with van der Waals surface area (Å²) in [6, 6.07) is 5.25. The van der Waals surface area contributed by atoms with E-state index in [9.17, 15) is 23.6 Å². The van der Waals surface area contributed by atoms with Crippen molar-refractivity contribution in [3.63, 3.8) is 0 Å². The van der Waals surface area contributed by atoms with Crippen molar-refractivity contribution in [2.45, 2.75) is 51.6 Å². The fourth-order valence-electron chi connectivity index (χ4n) is 3.91. The van der Waals surface area contributed by atoms with E-state index in [4.69, 9.17) is 11.5 Å². The molecule has 1 saturated heterocycles. The Bertz CT molecular complexity index is 950. The molecule has 1 aromatic rings. The van der Waals surface area contributed by atoms with E-state index in [1.54, 1.807) is 24.3 Å². The van der Waals surface area contributed by atoms with Crippen LogP contribution in [0, 0.1) is 11.8 Å². The van der Waals surface area contributed by atoms with Crippen LogP contribution in [0.25, 0.3) is 0 Å². The van der Waals surface area contributed by atoms with Gasteiger partial charge in [-0.05, 0) is 49.4 Å². The van der Waals surface area contributed by atoms with Gasteiger partial charge in [-0.3, -0.25) is 24.2 Å². The quantitative estimate of drug-likeness (QED) is 0.193. The molecule has 9 nitrogen and oxygen atoms in total. The second-order valence-corrected chi connectivity index (χ2v) is 9.87. The summed E-state index contributed by atoms with van der Waals surface area (Å²) in [5, 5.41) is 2.78. The number of carbonyl (C=O) groups excluding carboxylic acids is 4. The van der Waals surface area contributed by atoms with E-state index in [0.717, 1.165) is 4.47 Å². The highest BCUT2D eigenvalue weighted by molar-refractivity contribution is 9.10. The summed E-state index contributed by atoms with van der Waals surface area (Å²) in [6.45, 7) is 3.11. The molecule has 1 fully saturated rings. The van der Waals surface area contributed by atoms with Crippen molar-refractivity contribution >= 4 is 45.3 Å². The fraction of sp³-hybridized carbons (Fsp3) is 0.542. The van der Waals surface area contributed by atoms with Gasteiger partial charge in [0, 0.05) is 35.5 Å². The van der Waals surface area contributed by atoms with Crippen molar-refractivity contribution in [1.82, 2.24) is 10.2 Å². The van der Waals surface area contributed by atoms with Gasteiger partial charge in [-0.1, -0.05) is 29.8 Å². The van der Waals surface area contributed by atoms with Crippen molar-refractivity contribution in [3.8, 4) is 0 Å². The molecule has 1 aliphatic heterocycles. The van der Waals surface area contributed by atoms with Crippen LogP contribution >= 0.6 is 15.9 Å². The van der Waals surface area contributed by atoms with E-state index in [-0.39, 0.29) is 48.9 Å². The summed E-state index contributed by atoms with van der Waals surface area (Å²) in [5.41, 5.74) is 11.0. The van der Waals surface area contributed by atoms with Crippen LogP contribution in [-0.4, -0.2) is 66.1 Å². The average Bonchev–Trinajstić information content (AvgIpc) is 2.77. The molecule has 0 bridgehead atoms. The molecule has 1 aromatic carbocycles. The summed E-state index contributed by atoms with van der Waals surface area (Å²) in [5.74, 6) is -2.77. The van der Waals surface area contributed by atoms with Crippen molar-refractivity contribution in [1.29, 1.82) is 0 Å². The van der Waals surface area contributed by atoms with Crippen LogP contribution in [0.3, 0.4) is 0 Å². The molecule has 1 aliphatic rings. The summed E-state index contributed by atoms with van der Waals surface area (Å²) in [6.07, 6.45) is 0.993. The van der Waals surface area contributed by atoms with Crippen molar-refractivity contribution in [2.75, 3.05) is 19.8 Å². The number of halogens is 2. The molecule has 1 heterocycles. The number of nitrogens with zero attached hydrogens (tertiary/aromatic N) is 2. The topological polar surface area (TPSA) is 148 Å². The number of amides is 2. The molecule has 192 valence electrons. The molecule has 0 unspecified atom stereocenters. The van der Waals surface area contributed by atoms with E-state index in [0.29, 0.717) is 24.9 Å². The zero-order valence-corrected chi connectivity index (χ0v) is 21.6. The highest BCUT2D eigenvalue weighted by Gasteiger charge is 2.42. The zero-order chi connectivity index (χ0) is 26.1. The Morgan fingerprint density at radius 3 is 2.37 bits per heavy atom. The van der Waals surface area contributed by atoms with Crippen LogP contribution in [0.2, 0.25) is 0 Å². The largest absolute Gasteiger partial charge is 0.370 e. The number of rotatable bonds is 13. The van der Waals surface area contributed by atoms with Crippen molar-refractivity contribution in [3.05, 3.63) is 34.3 Å². The Morgan fingerprint density at radius 2 is 1.86 bits per heavy atom. The third-order valence-corrected chi connectivity index (χ3v) is 6.57. The minimum absolute atomic E-state index is 0.0787. The SMILES string of the molecule is CC(C)[C@H](NC(=O)c1ccc(Br)cc1)C(=O)N1CC[C@H]1C(=O)C[C@@H](CCCN=C(N)N)C(=O)CF. The minimum Gasteiger partial charge on any atom is -0.370 e. The molecular formula is C24H33BrFN5O4. The monoisotopic (exact) mass is 553 g/mol. The number of nitrogens with two attached hydrogens (primary N) is 2. The normalized spacial score (nSPS) is 16.7. The van der Waals surface area contributed by atoms with Gasteiger partial charge in [-0.2, -0.15) is 0 Å². The lowest BCUT2D eigenvalue weighted by Gasteiger charge is -2.42. The average molecular weight is 554 g/mol. The third kappa shape index (κ3) is 8.12. The number of Topliss-reactive ketones (excluding diaryl/α,β-unsaturated/α-hetero) is 2. The predicted molar refractivity (Wildman–Crippen MR) is 134 cm³/mol. The first kappa shape index (κ1) is 28.4. The number of likely N-dealkylation sites (tertiary alicyclic amines) is 1. The number of ketones is 2. The van der Waals surface area contributed by atoms with E-state index in [1.807, 2.05) is 13.8 Å². The molecule has 3 atom stereocenters. The molecule has 0 spiro atoms. The number of hydrogen-bond donors (Lipinski definition) is 3. The number of nitrogens with one attached hydrogen (secondary N) is 1. The Hall–Kier alpha value is -2.82. The van der Waals surface area contributed by atoms with E-state index in [2.05, 4.69) is 26.2 Å². The first-order chi connectivity index (χ1) is 16.5. The number of aliphatic imine (C=N–C) groups is 1. The number of hydrogen-bond acceptors (Lipinski definition) is 5. The van der Waals surface area contributed by atoms with Crippen molar-refractivity contribution < 1.29 is 23.6 Å². The lowest BCUT2D eigenvalue weighted by Crippen LogP contribution is -2.61. The first-order valence-electron chi connectivity index (χ1n) is 11.6. The van der Waals surface area contributed by atoms with Crippen LogP contribution in [0.15, 0.2) is 33.7 Å². The highest BCUT2D eigenvalue weighted by Crippen LogP contribution is 2.25. The molecule has 5 N–H and O–H groups in total. The maximum absolute atomic E-state index is 13.2. The van der Waals surface area contributed by atoms with Gasteiger partial charge in [0.15, 0.2) is 17.5 Å². The number of benzene rings is 1. The third-order valence-electron chi connectivity index (χ3n) is 6.04. The number of guanidine groups is 1. The molecule has 0 radical (unpaired) electrons. The van der Waals surface area contributed by atoms with E-state index >= 15 is 0 Å². The second kappa shape index (κ2) is 13.3. The van der Waals surface area contributed by atoms with Crippen LogP contribution in [0.1, 0.15) is 49.9 Å². The fourth-order valence-corrected chi connectivity index (χ4v) is 4.18. The minimum atomic E-state index is -1.16. The predicted octanol–water partition coefficient (Wildman–Crippen LogP) is 1.97. The highest BCUT2D eigenvalue weighted by atomic mass is 79.9. The number of carbonyl (C=O) groups is 4. The Labute approximate surface area is 213 Å². The van der Waals surface area contributed by atoms with Crippen molar-refractivity contribution in [2.24, 2.45) is 28.3 Å². The summed E-state index contributed by atoms with van der Waals surface area (Å²) < 4.78 is 13.9. The molecule has 0 saturated carbocycles. The van der Waals surface area contributed by atoms with Gasteiger partial charge < -0.3 is 21.7 Å². The van der Waals surface area contributed by atoms with Gasteiger partial charge in [-0.15, -0.1) is 0 Å². The maximum atomic E-state index is 13.2. The Balaban J connectivity index is 2.03.